The van der Waals surface area contributed by atoms with Crippen molar-refractivity contribution in [2.75, 3.05) is 17.7 Å². The maximum absolute atomic E-state index is 11.9. The van der Waals surface area contributed by atoms with Gasteiger partial charge in [-0.1, -0.05) is 19.3 Å². The summed E-state index contributed by atoms with van der Waals surface area (Å²) in [6.45, 7) is -0.0608. The van der Waals surface area contributed by atoms with Crippen molar-refractivity contribution in [1.29, 1.82) is 0 Å². The number of aromatic nitrogens is 2. The molecule has 0 unspecified atom stereocenters. The third-order valence-electron chi connectivity index (χ3n) is 3.87. The van der Waals surface area contributed by atoms with Crippen LogP contribution in [0.2, 0.25) is 0 Å². The van der Waals surface area contributed by atoms with Crippen LogP contribution in [0.5, 0.6) is 0 Å². The van der Waals surface area contributed by atoms with Crippen molar-refractivity contribution in [1.82, 2.24) is 9.55 Å². The number of aliphatic hydroxyl groups is 1. The highest BCUT2D eigenvalue weighted by molar-refractivity contribution is 5.61. The summed E-state index contributed by atoms with van der Waals surface area (Å²) in [5.74, 6) is 0.0900. The highest BCUT2D eigenvalue weighted by Crippen LogP contribution is 2.31. The van der Waals surface area contributed by atoms with E-state index in [1.807, 2.05) is 0 Å². The number of aliphatic hydroxyl groups excluding tert-OH is 1. The molecule has 1 saturated carbocycles. The van der Waals surface area contributed by atoms with Gasteiger partial charge >= 0.3 is 5.69 Å². The van der Waals surface area contributed by atoms with Gasteiger partial charge in [0, 0.05) is 7.05 Å². The Morgan fingerprint density at radius 3 is 2.58 bits per heavy atom. The molecular formula is C12H20N4O3. The van der Waals surface area contributed by atoms with E-state index in [4.69, 9.17) is 5.73 Å². The van der Waals surface area contributed by atoms with Crippen molar-refractivity contribution in [3.63, 3.8) is 0 Å². The van der Waals surface area contributed by atoms with Gasteiger partial charge in [0.25, 0.3) is 5.56 Å². The second-order valence-corrected chi connectivity index (χ2v) is 5.20. The van der Waals surface area contributed by atoms with Crippen molar-refractivity contribution >= 4 is 11.5 Å². The van der Waals surface area contributed by atoms with Crippen molar-refractivity contribution in [2.45, 2.75) is 37.6 Å². The Hall–Kier alpha value is -1.76. The summed E-state index contributed by atoms with van der Waals surface area (Å²) < 4.78 is 1.18. The summed E-state index contributed by atoms with van der Waals surface area (Å²) in [5.41, 5.74) is 4.37. The molecule has 0 bridgehead atoms. The lowest BCUT2D eigenvalue weighted by molar-refractivity contribution is 0.172. The van der Waals surface area contributed by atoms with Crippen LogP contribution in [0, 0.1) is 0 Å². The molecule has 1 aromatic rings. The number of nitrogen functional groups attached to an aromatic ring is 1. The van der Waals surface area contributed by atoms with Gasteiger partial charge in [-0.05, 0) is 12.8 Å². The molecule has 1 heterocycles. The predicted octanol–water partition coefficient (Wildman–Crippen LogP) is -0.237. The van der Waals surface area contributed by atoms with Crippen LogP contribution in [-0.4, -0.2) is 26.8 Å². The fourth-order valence-electron chi connectivity index (χ4n) is 2.57. The first-order valence-electron chi connectivity index (χ1n) is 6.47. The van der Waals surface area contributed by atoms with E-state index in [1.54, 1.807) is 0 Å². The molecule has 7 heteroatoms. The Balaban J connectivity index is 2.40. The summed E-state index contributed by atoms with van der Waals surface area (Å²) in [5, 5.41) is 12.7. The Morgan fingerprint density at radius 1 is 1.37 bits per heavy atom. The molecule has 7 nitrogen and oxygen atoms in total. The maximum atomic E-state index is 11.9. The molecule has 0 radical (unpaired) electrons. The zero-order chi connectivity index (χ0) is 14.0. The van der Waals surface area contributed by atoms with E-state index in [0.717, 1.165) is 32.1 Å². The van der Waals surface area contributed by atoms with Crippen LogP contribution in [0.4, 0.5) is 11.5 Å². The van der Waals surface area contributed by atoms with Gasteiger partial charge in [0.15, 0.2) is 0 Å². The van der Waals surface area contributed by atoms with E-state index in [1.165, 1.54) is 11.6 Å². The molecule has 1 aromatic heterocycles. The number of nitrogens with two attached hydrogens (primary N) is 1. The van der Waals surface area contributed by atoms with Gasteiger partial charge < -0.3 is 16.2 Å². The van der Waals surface area contributed by atoms with E-state index in [9.17, 15) is 14.7 Å². The zero-order valence-corrected chi connectivity index (χ0v) is 11.0. The number of rotatable bonds is 3. The third-order valence-corrected chi connectivity index (χ3v) is 3.87. The van der Waals surface area contributed by atoms with Crippen LogP contribution < -0.4 is 22.3 Å². The number of anilines is 2. The van der Waals surface area contributed by atoms with Gasteiger partial charge in [0.05, 0.1) is 12.1 Å². The monoisotopic (exact) mass is 268 g/mol. The molecule has 2 rings (SSSR count). The van der Waals surface area contributed by atoms with Crippen LogP contribution in [0.25, 0.3) is 0 Å². The number of aromatic amines is 1. The molecule has 0 aliphatic heterocycles. The minimum Gasteiger partial charge on any atom is -0.394 e. The first-order valence-corrected chi connectivity index (χ1v) is 6.47. The first kappa shape index (κ1) is 13.7. The Bertz CT molecular complexity index is 569. The second-order valence-electron chi connectivity index (χ2n) is 5.20. The molecular weight excluding hydrogens is 248 g/mol. The molecule has 0 spiro atoms. The summed E-state index contributed by atoms with van der Waals surface area (Å²) in [4.78, 5) is 25.5. The second kappa shape index (κ2) is 5.08. The van der Waals surface area contributed by atoms with E-state index >= 15 is 0 Å². The van der Waals surface area contributed by atoms with Gasteiger partial charge in [0.1, 0.15) is 11.5 Å². The van der Waals surface area contributed by atoms with E-state index in [-0.39, 0.29) is 18.1 Å². The normalized spacial score (nSPS) is 18.2. The highest BCUT2D eigenvalue weighted by Gasteiger charge is 2.32. The average molecular weight is 268 g/mol. The summed E-state index contributed by atoms with van der Waals surface area (Å²) in [6, 6.07) is 0. The SMILES string of the molecule is Cn1c(N)c(NC2(CO)CCCCC2)c(=O)[nH]c1=O. The van der Waals surface area contributed by atoms with Crippen molar-refractivity contribution in [2.24, 2.45) is 7.05 Å². The third kappa shape index (κ3) is 2.51. The Morgan fingerprint density at radius 2 is 2.00 bits per heavy atom. The van der Waals surface area contributed by atoms with Gasteiger partial charge in [-0.25, -0.2) is 4.79 Å². The molecule has 0 amide bonds. The minimum absolute atomic E-state index is 0.0608. The molecule has 106 valence electrons. The maximum Gasteiger partial charge on any atom is 0.329 e. The van der Waals surface area contributed by atoms with Crippen LogP contribution in [0.15, 0.2) is 9.59 Å². The molecule has 5 N–H and O–H groups in total. The topological polar surface area (TPSA) is 113 Å². The molecule has 19 heavy (non-hydrogen) atoms. The quantitative estimate of drug-likeness (QED) is 0.604. The largest absolute Gasteiger partial charge is 0.394 e. The molecule has 0 aromatic carbocycles. The van der Waals surface area contributed by atoms with E-state index in [0.29, 0.717) is 0 Å². The molecule has 1 fully saturated rings. The van der Waals surface area contributed by atoms with Crippen molar-refractivity contribution in [3.8, 4) is 0 Å². The summed E-state index contributed by atoms with van der Waals surface area (Å²) in [7, 11) is 1.49. The molecule has 1 aliphatic carbocycles. The smallest absolute Gasteiger partial charge is 0.329 e. The Labute approximate surface area is 110 Å². The lowest BCUT2D eigenvalue weighted by atomic mass is 9.82. The van der Waals surface area contributed by atoms with Gasteiger partial charge in [-0.3, -0.25) is 14.3 Å². The molecule has 1 aliphatic rings. The lowest BCUT2D eigenvalue weighted by Gasteiger charge is -2.37. The van der Waals surface area contributed by atoms with Crippen LogP contribution in [0.1, 0.15) is 32.1 Å². The van der Waals surface area contributed by atoms with Gasteiger partial charge in [0.2, 0.25) is 0 Å². The number of H-pyrrole nitrogens is 1. The number of hydrogen-bond donors (Lipinski definition) is 4. The Kier molecular flexibility index (Phi) is 3.66. The standard InChI is InChI=1S/C12H20N4O3/c1-16-9(13)8(10(18)14-11(16)19)15-12(7-17)5-3-2-4-6-12/h15,17H,2-7,13H2,1H3,(H,14,18,19). The number of nitrogens with zero attached hydrogens (tertiary/aromatic N) is 1. The minimum atomic E-state index is -0.547. The van der Waals surface area contributed by atoms with Crippen LogP contribution in [-0.2, 0) is 7.05 Å². The number of nitrogens with one attached hydrogen (secondary N) is 2. The molecule has 0 saturated heterocycles. The summed E-state index contributed by atoms with van der Waals surface area (Å²) >= 11 is 0. The van der Waals surface area contributed by atoms with Gasteiger partial charge in [-0.2, -0.15) is 0 Å². The van der Waals surface area contributed by atoms with Crippen LogP contribution in [0.3, 0.4) is 0 Å². The first-order chi connectivity index (χ1) is 8.99. The lowest BCUT2D eigenvalue weighted by Crippen LogP contribution is -2.46. The van der Waals surface area contributed by atoms with E-state index in [2.05, 4.69) is 10.3 Å². The van der Waals surface area contributed by atoms with Gasteiger partial charge in [-0.15, -0.1) is 0 Å². The fourth-order valence-corrected chi connectivity index (χ4v) is 2.57. The fraction of sp³-hybridized carbons (Fsp3) is 0.667. The average Bonchev–Trinajstić information content (AvgIpc) is 2.42. The summed E-state index contributed by atoms with van der Waals surface area (Å²) in [6.07, 6.45) is 4.69. The number of hydrogen-bond acceptors (Lipinski definition) is 5. The molecule has 0 atom stereocenters. The zero-order valence-electron chi connectivity index (χ0n) is 11.0. The van der Waals surface area contributed by atoms with Crippen molar-refractivity contribution in [3.05, 3.63) is 20.8 Å². The van der Waals surface area contributed by atoms with Crippen molar-refractivity contribution < 1.29 is 5.11 Å². The highest BCUT2D eigenvalue weighted by atomic mass is 16.3. The predicted molar refractivity (Wildman–Crippen MR) is 73.2 cm³/mol. The van der Waals surface area contributed by atoms with E-state index < -0.39 is 16.8 Å². The van der Waals surface area contributed by atoms with Crippen LogP contribution >= 0.6 is 0 Å².